The molecule has 1 fully saturated rings. The predicted octanol–water partition coefficient (Wildman–Crippen LogP) is 2.99. The molecule has 2 rings (SSSR count). The van der Waals surface area contributed by atoms with Gasteiger partial charge < -0.3 is 15.3 Å². The number of urea groups is 1. The van der Waals surface area contributed by atoms with Gasteiger partial charge in [0.2, 0.25) is 0 Å². The highest BCUT2D eigenvalue weighted by molar-refractivity contribution is 5.75. The van der Waals surface area contributed by atoms with Crippen molar-refractivity contribution in [1.29, 1.82) is 0 Å². The highest BCUT2D eigenvalue weighted by Crippen LogP contribution is 2.30. The van der Waals surface area contributed by atoms with Gasteiger partial charge in [-0.1, -0.05) is 12.1 Å². The number of aliphatic hydroxyl groups excluding tert-OH is 1. The third kappa shape index (κ3) is 5.38. The Kier molecular flexibility index (Phi) is 5.46. The Morgan fingerprint density at radius 3 is 2.57 bits per heavy atom. The summed E-state index contributed by atoms with van der Waals surface area (Å²) >= 11 is 0. The summed E-state index contributed by atoms with van der Waals surface area (Å²) < 4.78 is 51.2. The van der Waals surface area contributed by atoms with Gasteiger partial charge in [0.15, 0.2) is 0 Å². The molecule has 0 spiro atoms. The summed E-state index contributed by atoms with van der Waals surface area (Å²) in [6.07, 6.45) is -5.24. The lowest BCUT2D eigenvalue weighted by molar-refractivity contribution is -0.139. The molecule has 2 unspecified atom stereocenters. The van der Waals surface area contributed by atoms with Crippen LogP contribution in [0.3, 0.4) is 0 Å². The van der Waals surface area contributed by atoms with E-state index in [2.05, 4.69) is 5.32 Å². The van der Waals surface area contributed by atoms with E-state index < -0.39 is 36.6 Å². The molecular weight excluding hydrogens is 316 g/mol. The lowest BCUT2D eigenvalue weighted by atomic mass is 10.0. The van der Waals surface area contributed by atoms with Crippen LogP contribution in [0.2, 0.25) is 0 Å². The molecule has 2 amide bonds. The summed E-state index contributed by atoms with van der Waals surface area (Å²) in [4.78, 5) is 13.4. The monoisotopic (exact) mass is 334 g/mol. The van der Waals surface area contributed by atoms with Gasteiger partial charge in [0.05, 0.1) is 18.6 Å². The molecule has 0 saturated carbocycles. The van der Waals surface area contributed by atoms with Crippen LogP contribution < -0.4 is 5.32 Å². The van der Waals surface area contributed by atoms with Gasteiger partial charge in [-0.2, -0.15) is 13.2 Å². The molecule has 23 heavy (non-hydrogen) atoms. The van der Waals surface area contributed by atoms with Gasteiger partial charge in [-0.25, -0.2) is 9.18 Å². The molecule has 1 heterocycles. The fourth-order valence-corrected chi connectivity index (χ4v) is 2.56. The summed E-state index contributed by atoms with van der Waals surface area (Å²) in [7, 11) is 0. The van der Waals surface area contributed by atoms with Crippen molar-refractivity contribution in [3.8, 4) is 0 Å². The average Bonchev–Trinajstić information content (AvgIpc) is 2.46. The molecule has 1 saturated heterocycles. The van der Waals surface area contributed by atoms with Gasteiger partial charge >= 0.3 is 12.2 Å². The van der Waals surface area contributed by atoms with Crippen molar-refractivity contribution < 1.29 is 27.5 Å². The van der Waals surface area contributed by atoms with E-state index in [0.29, 0.717) is 19.4 Å². The Labute approximate surface area is 131 Å². The molecule has 0 bridgehead atoms. The van der Waals surface area contributed by atoms with Gasteiger partial charge in [0.25, 0.3) is 0 Å². The fourth-order valence-electron chi connectivity index (χ4n) is 2.56. The highest BCUT2D eigenvalue weighted by atomic mass is 19.4. The standard InChI is InChI=1S/C15H18F4N2O2/c16-11-5-3-10(4-6-11)13(8-15(17,18)19)20-14(23)21-7-1-2-12(22)9-21/h3-6,12-13,22H,1-2,7-9H2,(H,20,23). The summed E-state index contributed by atoms with van der Waals surface area (Å²) in [5, 5.41) is 11.9. The Morgan fingerprint density at radius 2 is 2.00 bits per heavy atom. The van der Waals surface area contributed by atoms with Gasteiger partial charge in [0.1, 0.15) is 5.82 Å². The molecule has 1 aliphatic rings. The van der Waals surface area contributed by atoms with E-state index in [-0.39, 0.29) is 12.1 Å². The lowest BCUT2D eigenvalue weighted by Crippen LogP contribution is -2.48. The largest absolute Gasteiger partial charge is 0.391 e. The maximum atomic E-state index is 12.9. The summed E-state index contributed by atoms with van der Waals surface area (Å²) in [6.45, 7) is 0.471. The van der Waals surface area contributed by atoms with Crippen LogP contribution in [0, 0.1) is 5.82 Å². The van der Waals surface area contributed by atoms with Crippen LogP contribution in [0.25, 0.3) is 0 Å². The fraction of sp³-hybridized carbons (Fsp3) is 0.533. The number of nitrogens with one attached hydrogen (secondary N) is 1. The minimum Gasteiger partial charge on any atom is -0.391 e. The summed E-state index contributed by atoms with van der Waals surface area (Å²) in [5.41, 5.74) is 0.176. The van der Waals surface area contributed by atoms with Gasteiger partial charge in [-0.05, 0) is 30.5 Å². The normalized spacial score (nSPS) is 20.2. The minimum absolute atomic E-state index is 0.0913. The molecule has 2 atom stereocenters. The van der Waals surface area contributed by atoms with E-state index in [4.69, 9.17) is 0 Å². The van der Waals surface area contributed by atoms with Crippen molar-refractivity contribution in [2.45, 2.75) is 37.6 Å². The molecule has 4 nitrogen and oxygen atoms in total. The Balaban J connectivity index is 2.10. The number of likely N-dealkylation sites (tertiary alicyclic amines) is 1. The number of aliphatic hydroxyl groups is 1. The summed E-state index contributed by atoms with van der Waals surface area (Å²) in [6, 6.07) is 2.57. The third-order valence-electron chi connectivity index (χ3n) is 3.69. The average molecular weight is 334 g/mol. The smallest absolute Gasteiger partial charge is 0.391 e. The number of piperidine rings is 1. The molecule has 0 aromatic heterocycles. The quantitative estimate of drug-likeness (QED) is 0.835. The van der Waals surface area contributed by atoms with E-state index in [1.807, 2.05) is 0 Å². The number of carbonyl (C=O) groups is 1. The van der Waals surface area contributed by atoms with Gasteiger partial charge in [-0.3, -0.25) is 0 Å². The molecule has 1 aromatic rings. The van der Waals surface area contributed by atoms with E-state index in [1.54, 1.807) is 0 Å². The number of hydrogen-bond acceptors (Lipinski definition) is 2. The first-order valence-corrected chi connectivity index (χ1v) is 7.30. The number of benzene rings is 1. The van der Waals surface area contributed by atoms with Crippen molar-refractivity contribution in [2.75, 3.05) is 13.1 Å². The molecular formula is C15H18F4N2O2. The van der Waals surface area contributed by atoms with E-state index in [9.17, 15) is 27.5 Å². The van der Waals surface area contributed by atoms with Crippen molar-refractivity contribution >= 4 is 6.03 Å². The van der Waals surface area contributed by atoms with Gasteiger partial charge in [0, 0.05) is 13.1 Å². The zero-order valence-electron chi connectivity index (χ0n) is 12.3. The first kappa shape index (κ1) is 17.5. The molecule has 128 valence electrons. The third-order valence-corrected chi connectivity index (χ3v) is 3.69. The van der Waals surface area contributed by atoms with E-state index in [1.165, 1.54) is 17.0 Å². The first-order chi connectivity index (χ1) is 10.7. The van der Waals surface area contributed by atoms with Crippen LogP contribution in [-0.2, 0) is 0 Å². The number of nitrogens with zero attached hydrogens (tertiary/aromatic N) is 1. The van der Waals surface area contributed by atoms with Crippen LogP contribution in [0.4, 0.5) is 22.4 Å². The first-order valence-electron chi connectivity index (χ1n) is 7.30. The second kappa shape index (κ2) is 7.16. The highest BCUT2D eigenvalue weighted by Gasteiger charge is 2.34. The number of β-amino-alcohol motifs (C(OH)–C–C–N with tert-alkyl or cyclic N) is 1. The number of rotatable bonds is 3. The predicted molar refractivity (Wildman–Crippen MR) is 75.2 cm³/mol. The van der Waals surface area contributed by atoms with Crippen molar-refractivity contribution in [3.63, 3.8) is 0 Å². The number of amides is 2. The maximum Gasteiger partial charge on any atom is 0.391 e. The zero-order chi connectivity index (χ0) is 17.0. The van der Waals surface area contributed by atoms with Crippen molar-refractivity contribution in [3.05, 3.63) is 35.6 Å². The van der Waals surface area contributed by atoms with Gasteiger partial charge in [-0.15, -0.1) is 0 Å². The van der Waals surface area contributed by atoms with Crippen LogP contribution in [-0.4, -0.2) is 41.4 Å². The molecule has 1 aliphatic heterocycles. The number of hydrogen-bond donors (Lipinski definition) is 2. The Hall–Kier alpha value is -1.83. The second-order valence-corrected chi connectivity index (χ2v) is 5.61. The number of halogens is 4. The summed E-state index contributed by atoms with van der Waals surface area (Å²) in [5.74, 6) is -0.565. The molecule has 2 N–H and O–H groups in total. The van der Waals surface area contributed by atoms with Crippen LogP contribution >= 0.6 is 0 Å². The van der Waals surface area contributed by atoms with E-state index in [0.717, 1.165) is 12.1 Å². The second-order valence-electron chi connectivity index (χ2n) is 5.61. The molecule has 1 aromatic carbocycles. The van der Waals surface area contributed by atoms with Crippen LogP contribution in [0.5, 0.6) is 0 Å². The topological polar surface area (TPSA) is 52.6 Å². The number of alkyl halides is 3. The Morgan fingerprint density at radius 1 is 1.35 bits per heavy atom. The molecule has 8 heteroatoms. The van der Waals surface area contributed by atoms with Crippen molar-refractivity contribution in [1.82, 2.24) is 10.2 Å². The van der Waals surface area contributed by atoms with Crippen molar-refractivity contribution in [2.24, 2.45) is 0 Å². The molecule has 0 radical (unpaired) electrons. The lowest BCUT2D eigenvalue weighted by Gasteiger charge is -2.32. The van der Waals surface area contributed by atoms with E-state index >= 15 is 0 Å². The van der Waals surface area contributed by atoms with Crippen LogP contribution in [0.1, 0.15) is 30.9 Å². The Bertz CT molecular complexity index is 533. The molecule has 0 aliphatic carbocycles. The maximum absolute atomic E-state index is 12.9. The number of carbonyl (C=O) groups excluding carboxylic acids is 1. The van der Waals surface area contributed by atoms with Crippen LogP contribution in [0.15, 0.2) is 24.3 Å². The zero-order valence-corrected chi connectivity index (χ0v) is 12.3. The minimum atomic E-state index is -4.48. The SMILES string of the molecule is O=C(NC(CC(F)(F)F)c1ccc(F)cc1)N1CCCC(O)C1.